The normalized spacial score (nSPS) is 11.7. The Morgan fingerprint density at radius 1 is 1.13 bits per heavy atom. The number of carbonyl (C=O) groups is 1. The second kappa shape index (κ2) is 9.49. The zero-order chi connectivity index (χ0) is 22.6. The van der Waals surface area contributed by atoms with E-state index in [0.29, 0.717) is 29.2 Å². The number of thiophene rings is 1. The predicted octanol–water partition coefficient (Wildman–Crippen LogP) is 5.24. The molecular formula is C22H25N3O4S2. The fourth-order valence-electron chi connectivity index (χ4n) is 2.96. The van der Waals surface area contributed by atoms with Crippen molar-refractivity contribution >= 4 is 50.8 Å². The predicted molar refractivity (Wildman–Crippen MR) is 125 cm³/mol. The molecule has 9 heteroatoms. The molecule has 1 amide bonds. The number of anilines is 2. The molecule has 164 valence electrons. The molecule has 0 bridgehead atoms. The van der Waals surface area contributed by atoms with Crippen LogP contribution in [0.5, 0.6) is 0 Å². The van der Waals surface area contributed by atoms with Gasteiger partial charge in [0.2, 0.25) is 5.91 Å². The number of hydrogen-bond acceptors (Lipinski definition) is 6. The third kappa shape index (κ3) is 5.23. The fourth-order valence-corrected chi connectivity index (χ4v) is 5.36. The minimum atomic E-state index is -3.71. The lowest BCUT2D eigenvalue weighted by Crippen LogP contribution is -2.13. The highest BCUT2D eigenvalue weighted by Crippen LogP contribution is 2.29. The molecule has 0 fully saturated rings. The van der Waals surface area contributed by atoms with Crippen molar-refractivity contribution in [3.05, 3.63) is 57.8 Å². The lowest BCUT2D eigenvalue weighted by molar-refractivity contribution is -0.115. The number of carbonyl (C=O) groups excluding carboxylic acids is 1. The molecule has 7 nitrogen and oxygen atoms in total. The van der Waals surface area contributed by atoms with E-state index in [9.17, 15) is 13.2 Å². The lowest BCUT2D eigenvalue weighted by Gasteiger charge is -2.13. The first kappa shape index (κ1) is 22.8. The van der Waals surface area contributed by atoms with Gasteiger partial charge < -0.3 is 9.84 Å². The average Bonchev–Trinajstić information content (AvgIpc) is 3.36. The maximum atomic E-state index is 12.9. The van der Waals surface area contributed by atoms with Gasteiger partial charge in [0, 0.05) is 11.3 Å². The van der Waals surface area contributed by atoms with E-state index < -0.39 is 10.0 Å². The minimum Gasteiger partial charge on any atom is -0.354 e. The standard InChI is InChI=1S/C22H25N3O4S2/c1-5-16-9-7-8-14(3)21(16)25-31(27,28)20-13-11-17(30-20)10-12-18-22(15(4)24-29-18)23-19(26)6-2/h7-13,25H,5-6H2,1-4H3,(H,23,26)/b12-10+. The summed E-state index contributed by atoms with van der Waals surface area (Å²) in [7, 11) is -3.71. The van der Waals surface area contributed by atoms with Crippen LogP contribution in [-0.2, 0) is 21.2 Å². The zero-order valence-electron chi connectivity index (χ0n) is 17.9. The van der Waals surface area contributed by atoms with Crippen LogP contribution >= 0.6 is 11.3 Å². The van der Waals surface area contributed by atoms with Crippen LogP contribution in [0.25, 0.3) is 12.2 Å². The Kier molecular flexibility index (Phi) is 6.97. The Morgan fingerprint density at radius 3 is 2.61 bits per heavy atom. The van der Waals surface area contributed by atoms with E-state index in [0.717, 1.165) is 33.8 Å². The molecule has 31 heavy (non-hydrogen) atoms. The Labute approximate surface area is 186 Å². The van der Waals surface area contributed by atoms with E-state index in [4.69, 9.17) is 4.52 Å². The van der Waals surface area contributed by atoms with E-state index in [1.54, 1.807) is 38.1 Å². The zero-order valence-corrected chi connectivity index (χ0v) is 19.5. The maximum Gasteiger partial charge on any atom is 0.271 e. The van der Waals surface area contributed by atoms with Crippen molar-refractivity contribution < 1.29 is 17.7 Å². The molecular weight excluding hydrogens is 434 g/mol. The van der Waals surface area contributed by atoms with Crippen molar-refractivity contribution in [2.24, 2.45) is 0 Å². The summed E-state index contributed by atoms with van der Waals surface area (Å²) < 4.78 is 34.1. The number of sulfonamides is 1. The molecule has 0 saturated carbocycles. The molecule has 2 heterocycles. The summed E-state index contributed by atoms with van der Waals surface area (Å²) in [5, 5.41) is 6.66. The van der Waals surface area contributed by atoms with Crippen LogP contribution in [0.1, 0.15) is 47.7 Å². The smallest absolute Gasteiger partial charge is 0.271 e. The van der Waals surface area contributed by atoms with Crippen LogP contribution in [0.3, 0.4) is 0 Å². The van der Waals surface area contributed by atoms with E-state index in [2.05, 4.69) is 15.2 Å². The summed E-state index contributed by atoms with van der Waals surface area (Å²) in [5.41, 5.74) is 3.54. The number of amides is 1. The molecule has 0 spiro atoms. The summed E-state index contributed by atoms with van der Waals surface area (Å²) in [4.78, 5) is 12.4. The molecule has 0 aliphatic heterocycles. The van der Waals surface area contributed by atoms with Gasteiger partial charge in [-0.25, -0.2) is 8.42 Å². The molecule has 2 aromatic heterocycles. The summed E-state index contributed by atoms with van der Waals surface area (Å²) in [5.74, 6) is 0.266. The van der Waals surface area contributed by atoms with Gasteiger partial charge in [0.15, 0.2) is 5.76 Å². The van der Waals surface area contributed by atoms with Gasteiger partial charge in [-0.2, -0.15) is 0 Å². The van der Waals surface area contributed by atoms with Crippen LogP contribution in [0.2, 0.25) is 0 Å². The molecule has 3 aromatic rings. The first-order chi connectivity index (χ1) is 14.7. The van der Waals surface area contributed by atoms with E-state index in [1.807, 2.05) is 32.0 Å². The highest BCUT2D eigenvalue weighted by atomic mass is 32.2. The molecule has 0 saturated heterocycles. The summed E-state index contributed by atoms with van der Waals surface area (Å²) >= 11 is 1.14. The number of para-hydroxylation sites is 1. The number of hydrogen-bond donors (Lipinski definition) is 2. The van der Waals surface area contributed by atoms with Crippen LogP contribution in [0.4, 0.5) is 11.4 Å². The number of rotatable bonds is 8. The number of benzene rings is 1. The van der Waals surface area contributed by atoms with Gasteiger partial charge in [-0.05, 0) is 55.7 Å². The van der Waals surface area contributed by atoms with Crippen molar-refractivity contribution in [3.63, 3.8) is 0 Å². The van der Waals surface area contributed by atoms with Crippen LogP contribution in [0, 0.1) is 13.8 Å². The molecule has 0 radical (unpaired) electrons. The monoisotopic (exact) mass is 459 g/mol. The minimum absolute atomic E-state index is 0.140. The fraction of sp³-hybridized carbons (Fsp3) is 0.273. The van der Waals surface area contributed by atoms with Crippen LogP contribution in [-0.4, -0.2) is 19.5 Å². The molecule has 3 rings (SSSR count). The van der Waals surface area contributed by atoms with Gasteiger partial charge in [-0.3, -0.25) is 9.52 Å². The van der Waals surface area contributed by atoms with E-state index >= 15 is 0 Å². The van der Waals surface area contributed by atoms with Crippen molar-refractivity contribution in [3.8, 4) is 0 Å². The molecule has 0 atom stereocenters. The van der Waals surface area contributed by atoms with Crippen LogP contribution in [0.15, 0.2) is 39.1 Å². The second-order valence-electron chi connectivity index (χ2n) is 6.97. The number of nitrogens with zero attached hydrogens (tertiary/aromatic N) is 1. The second-order valence-corrected chi connectivity index (χ2v) is 9.99. The molecule has 0 aliphatic carbocycles. The van der Waals surface area contributed by atoms with Crippen molar-refractivity contribution in [1.82, 2.24) is 5.16 Å². The molecule has 1 aromatic carbocycles. The van der Waals surface area contributed by atoms with E-state index in [1.165, 1.54) is 0 Å². The van der Waals surface area contributed by atoms with Crippen LogP contribution < -0.4 is 10.0 Å². The lowest BCUT2D eigenvalue weighted by atomic mass is 10.1. The topological polar surface area (TPSA) is 101 Å². The summed E-state index contributed by atoms with van der Waals surface area (Å²) in [6, 6.07) is 9.02. The highest BCUT2D eigenvalue weighted by molar-refractivity contribution is 7.94. The first-order valence-electron chi connectivity index (χ1n) is 9.90. The van der Waals surface area contributed by atoms with Crippen molar-refractivity contribution in [1.29, 1.82) is 0 Å². The summed E-state index contributed by atoms with van der Waals surface area (Å²) in [6.45, 7) is 7.37. The van der Waals surface area contributed by atoms with Gasteiger partial charge >= 0.3 is 0 Å². The Morgan fingerprint density at radius 2 is 1.90 bits per heavy atom. The first-order valence-corrected chi connectivity index (χ1v) is 12.2. The third-order valence-electron chi connectivity index (χ3n) is 4.72. The summed E-state index contributed by atoms with van der Waals surface area (Å²) in [6.07, 6.45) is 4.47. The number of aromatic nitrogens is 1. The van der Waals surface area contributed by atoms with Crippen molar-refractivity contribution in [2.45, 2.75) is 44.7 Å². The Bertz CT molecular complexity index is 1220. The van der Waals surface area contributed by atoms with Gasteiger partial charge in [0.1, 0.15) is 15.6 Å². The number of aryl methyl sites for hydroxylation is 3. The largest absolute Gasteiger partial charge is 0.354 e. The van der Waals surface area contributed by atoms with Gasteiger partial charge in [0.05, 0.1) is 5.69 Å². The van der Waals surface area contributed by atoms with Gasteiger partial charge in [-0.15, -0.1) is 11.3 Å². The third-order valence-corrected chi connectivity index (χ3v) is 7.61. The number of nitrogens with one attached hydrogen (secondary N) is 2. The Balaban J connectivity index is 1.82. The average molecular weight is 460 g/mol. The quantitative estimate of drug-likeness (QED) is 0.480. The molecule has 0 aliphatic rings. The molecule has 0 unspecified atom stereocenters. The highest BCUT2D eigenvalue weighted by Gasteiger charge is 2.19. The van der Waals surface area contributed by atoms with Gasteiger partial charge in [-0.1, -0.05) is 37.2 Å². The molecule has 2 N–H and O–H groups in total. The SMILES string of the molecule is CCC(=O)Nc1c(C)noc1/C=C/c1ccc(S(=O)(=O)Nc2c(C)cccc2CC)s1. The van der Waals surface area contributed by atoms with E-state index in [-0.39, 0.29) is 10.1 Å². The van der Waals surface area contributed by atoms with Crippen molar-refractivity contribution in [2.75, 3.05) is 10.0 Å². The Hall–Kier alpha value is -2.91. The van der Waals surface area contributed by atoms with Gasteiger partial charge in [0.25, 0.3) is 10.0 Å². The maximum absolute atomic E-state index is 12.9.